The number of carbonyl (C=O) groups is 1. The molecule has 0 saturated carbocycles. The summed E-state index contributed by atoms with van der Waals surface area (Å²) in [6.45, 7) is 2.15. The molecule has 0 aromatic heterocycles. The van der Waals surface area contributed by atoms with Crippen molar-refractivity contribution in [2.45, 2.75) is 43.9 Å². The molecule has 2 aliphatic heterocycles. The molecule has 1 amide bonds. The minimum atomic E-state index is -0.143. The SMILES string of the molecule is COC(CN)CC(=O)N1CCC2CCC(C1)N2C. The lowest BCUT2D eigenvalue weighted by Gasteiger charge is -2.27. The second kappa shape index (κ2) is 5.99. The molecule has 3 atom stereocenters. The highest BCUT2D eigenvalue weighted by molar-refractivity contribution is 5.76. The number of amides is 1. The number of likely N-dealkylation sites (tertiary alicyclic amines) is 1. The van der Waals surface area contributed by atoms with Gasteiger partial charge in [-0.25, -0.2) is 0 Å². The zero-order chi connectivity index (χ0) is 13.1. The number of methoxy groups -OCH3 is 1. The number of likely N-dealkylation sites (N-methyl/N-ethyl adjacent to an activating group) is 1. The van der Waals surface area contributed by atoms with Crippen molar-refractivity contribution >= 4 is 5.91 Å². The van der Waals surface area contributed by atoms with Crippen LogP contribution in [-0.2, 0) is 9.53 Å². The number of hydrogen-bond donors (Lipinski definition) is 1. The molecule has 0 aromatic carbocycles. The Hall–Kier alpha value is -0.650. The molecule has 2 rings (SSSR count). The van der Waals surface area contributed by atoms with Gasteiger partial charge >= 0.3 is 0 Å². The zero-order valence-corrected chi connectivity index (χ0v) is 11.5. The van der Waals surface area contributed by atoms with Gasteiger partial charge < -0.3 is 15.4 Å². The van der Waals surface area contributed by atoms with Gasteiger partial charge in [0.2, 0.25) is 5.91 Å². The molecule has 0 aromatic rings. The highest BCUT2D eigenvalue weighted by atomic mass is 16.5. The number of fused-ring (bicyclic) bond motifs is 2. The van der Waals surface area contributed by atoms with Crippen LogP contribution in [-0.4, -0.2) is 67.7 Å². The first-order valence-corrected chi connectivity index (χ1v) is 6.88. The average Bonchev–Trinajstić information content (AvgIpc) is 2.60. The summed E-state index contributed by atoms with van der Waals surface area (Å²) in [7, 11) is 3.80. The lowest BCUT2D eigenvalue weighted by Crippen LogP contribution is -2.41. The van der Waals surface area contributed by atoms with Crippen LogP contribution in [0.1, 0.15) is 25.7 Å². The molecule has 0 radical (unpaired) electrons. The maximum absolute atomic E-state index is 12.2. The number of nitrogens with two attached hydrogens (primary N) is 1. The molecule has 104 valence electrons. The van der Waals surface area contributed by atoms with Gasteiger partial charge in [0.05, 0.1) is 12.5 Å². The Kier molecular flexibility index (Phi) is 4.59. The minimum Gasteiger partial charge on any atom is -0.380 e. The largest absolute Gasteiger partial charge is 0.380 e. The van der Waals surface area contributed by atoms with Crippen molar-refractivity contribution < 1.29 is 9.53 Å². The molecule has 3 unspecified atom stereocenters. The first-order valence-electron chi connectivity index (χ1n) is 6.88. The Morgan fingerprint density at radius 1 is 1.39 bits per heavy atom. The first-order chi connectivity index (χ1) is 8.65. The molecule has 5 heteroatoms. The van der Waals surface area contributed by atoms with Crippen molar-refractivity contribution in [1.82, 2.24) is 9.80 Å². The van der Waals surface area contributed by atoms with E-state index in [1.54, 1.807) is 7.11 Å². The summed E-state index contributed by atoms with van der Waals surface area (Å²) in [4.78, 5) is 16.7. The van der Waals surface area contributed by atoms with Crippen LogP contribution in [0.15, 0.2) is 0 Å². The minimum absolute atomic E-state index is 0.143. The summed E-state index contributed by atoms with van der Waals surface area (Å²) >= 11 is 0. The summed E-state index contributed by atoms with van der Waals surface area (Å²) in [5, 5.41) is 0. The second-order valence-corrected chi connectivity index (χ2v) is 5.48. The van der Waals surface area contributed by atoms with E-state index in [4.69, 9.17) is 10.5 Å². The third-order valence-electron chi connectivity index (χ3n) is 4.50. The number of nitrogens with zero attached hydrogens (tertiary/aromatic N) is 2. The van der Waals surface area contributed by atoms with Crippen LogP contribution in [0, 0.1) is 0 Å². The van der Waals surface area contributed by atoms with Gasteiger partial charge in [-0.05, 0) is 26.3 Å². The molecule has 0 spiro atoms. The number of hydrogen-bond acceptors (Lipinski definition) is 4. The van der Waals surface area contributed by atoms with Crippen LogP contribution in [0.25, 0.3) is 0 Å². The van der Waals surface area contributed by atoms with E-state index in [0.717, 1.165) is 19.5 Å². The predicted molar refractivity (Wildman–Crippen MR) is 70.2 cm³/mol. The quantitative estimate of drug-likeness (QED) is 0.771. The molecule has 5 nitrogen and oxygen atoms in total. The van der Waals surface area contributed by atoms with Crippen molar-refractivity contribution in [3.05, 3.63) is 0 Å². The summed E-state index contributed by atoms with van der Waals surface area (Å²) < 4.78 is 5.19. The van der Waals surface area contributed by atoms with Gasteiger partial charge in [-0.1, -0.05) is 0 Å². The number of rotatable bonds is 4. The third kappa shape index (κ3) is 2.84. The van der Waals surface area contributed by atoms with E-state index in [1.165, 1.54) is 12.8 Å². The predicted octanol–water partition coefficient (Wildman–Crippen LogP) is 0.0453. The fourth-order valence-corrected chi connectivity index (χ4v) is 3.12. The van der Waals surface area contributed by atoms with E-state index >= 15 is 0 Å². The maximum atomic E-state index is 12.2. The van der Waals surface area contributed by atoms with Crippen molar-refractivity contribution in [3.8, 4) is 0 Å². The molecule has 2 aliphatic rings. The van der Waals surface area contributed by atoms with Crippen molar-refractivity contribution in [1.29, 1.82) is 0 Å². The standard InChI is InChI=1S/C13H25N3O2/c1-15-10-3-4-11(15)9-16(6-5-10)13(17)7-12(8-14)18-2/h10-12H,3-9,14H2,1-2H3. The van der Waals surface area contributed by atoms with E-state index in [9.17, 15) is 4.79 Å². The summed E-state index contributed by atoms with van der Waals surface area (Å²) in [6.07, 6.45) is 3.87. The van der Waals surface area contributed by atoms with Crippen LogP contribution in [0.2, 0.25) is 0 Å². The molecule has 18 heavy (non-hydrogen) atoms. The smallest absolute Gasteiger partial charge is 0.225 e. The van der Waals surface area contributed by atoms with Crippen molar-refractivity contribution in [2.24, 2.45) is 5.73 Å². The summed E-state index contributed by atoms with van der Waals surface area (Å²) in [5.74, 6) is 0.188. The van der Waals surface area contributed by atoms with Crippen LogP contribution in [0.3, 0.4) is 0 Å². The van der Waals surface area contributed by atoms with Gasteiger partial charge in [-0.3, -0.25) is 9.69 Å². The van der Waals surface area contributed by atoms with Crippen LogP contribution in [0.5, 0.6) is 0 Å². The van der Waals surface area contributed by atoms with Gasteiger partial charge in [0.1, 0.15) is 0 Å². The van der Waals surface area contributed by atoms with E-state index in [1.807, 2.05) is 4.90 Å². The molecule has 0 aliphatic carbocycles. The van der Waals surface area contributed by atoms with Gasteiger partial charge in [0, 0.05) is 38.8 Å². The van der Waals surface area contributed by atoms with Crippen LogP contribution < -0.4 is 5.73 Å². The topological polar surface area (TPSA) is 58.8 Å². The van der Waals surface area contributed by atoms with Gasteiger partial charge in [0.15, 0.2) is 0 Å². The lowest BCUT2D eigenvalue weighted by atomic mass is 10.1. The number of ether oxygens (including phenoxy) is 1. The highest BCUT2D eigenvalue weighted by Crippen LogP contribution is 2.28. The molecule has 2 saturated heterocycles. The molecule has 2 bridgehead atoms. The zero-order valence-electron chi connectivity index (χ0n) is 11.5. The fraction of sp³-hybridized carbons (Fsp3) is 0.923. The van der Waals surface area contributed by atoms with Crippen LogP contribution >= 0.6 is 0 Å². The summed E-state index contributed by atoms with van der Waals surface area (Å²) in [6, 6.07) is 1.21. The second-order valence-electron chi connectivity index (χ2n) is 5.48. The van der Waals surface area contributed by atoms with Gasteiger partial charge in [0.25, 0.3) is 0 Å². The normalized spacial score (nSPS) is 30.3. The average molecular weight is 255 g/mol. The van der Waals surface area contributed by atoms with Gasteiger partial charge in [-0.15, -0.1) is 0 Å². The first kappa shape index (κ1) is 13.8. The Morgan fingerprint density at radius 2 is 2.11 bits per heavy atom. The van der Waals surface area contributed by atoms with E-state index < -0.39 is 0 Å². The Morgan fingerprint density at radius 3 is 2.78 bits per heavy atom. The molecular formula is C13H25N3O2. The highest BCUT2D eigenvalue weighted by Gasteiger charge is 2.36. The molecule has 2 fully saturated rings. The van der Waals surface area contributed by atoms with Crippen molar-refractivity contribution in [3.63, 3.8) is 0 Å². The third-order valence-corrected chi connectivity index (χ3v) is 4.50. The lowest BCUT2D eigenvalue weighted by molar-refractivity contribution is -0.134. The molecule has 2 N–H and O–H groups in total. The monoisotopic (exact) mass is 255 g/mol. The molecular weight excluding hydrogens is 230 g/mol. The van der Waals surface area contributed by atoms with Gasteiger partial charge in [-0.2, -0.15) is 0 Å². The van der Waals surface area contributed by atoms with E-state index in [2.05, 4.69) is 11.9 Å². The van der Waals surface area contributed by atoms with E-state index in [-0.39, 0.29) is 12.0 Å². The maximum Gasteiger partial charge on any atom is 0.225 e. The molecule has 2 heterocycles. The summed E-state index contributed by atoms with van der Waals surface area (Å²) in [5.41, 5.74) is 5.57. The van der Waals surface area contributed by atoms with Crippen LogP contribution in [0.4, 0.5) is 0 Å². The number of carbonyl (C=O) groups excluding carboxylic acids is 1. The van der Waals surface area contributed by atoms with E-state index in [0.29, 0.717) is 25.0 Å². The Bertz CT molecular complexity index is 294. The Labute approximate surface area is 109 Å². The Balaban J connectivity index is 1.91. The van der Waals surface area contributed by atoms with Crippen molar-refractivity contribution in [2.75, 3.05) is 33.8 Å². The fourth-order valence-electron chi connectivity index (χ4n) is 3.12.